The van der Waals surface area contributed by atoms with Crippen molar-refractivity contribution >= 4 is 50.5 Å². The molecule has 0 saturated heterocycles. The number of Topliss-reactive ketones (excluding diaryl/α,β-unsaturated/α-hetero) is 2. The standard InChI is InChI=1S/C21H30O2.C21H30O.Cl3OP/c1-4-21(23)12-9-18-16-6-5-14-13-15(22)7-10-19(14,2)17(16)8-11-20(18,21)3;1-4-14-6-8-18-17-7-5-15-13-16(22)9-11-21(15,3)19(17)10-12-20(14,18)2;1-5(2,3)4/h1,14,16-18,23H,5-13H2,2-3H3;4,6,15,17-19H,1,5,7-13H2,2-3H3;/t14-,16?,17?,18?,19-,20-,21-;15-,17?,18?,19?,20+,21-;/m00./s1. The second-order valence-corrected chi connectivity index (χ2v) is 25.4. The SMILES string of the molecule is C#C[C@]1(O)CCC2C3CC[C@H]4CC(=O)CC[C@]4(C)C3CC[C@@]21C.C=CC1=CCC2C3CC[C@H]4CC(=O)CC[C@]4(C)C3CC[C@]12C.O=P(Cl)(Cl)Cl. The van der Waals surface area contributed by atoms with Crippen LogP contribution in [0.4, 0.5) is 0 Å². The van der Waals surface area contributed by atoms with Crippen LogP contribution < -0.4 is 0 Å². The molecule has 8 aliphatic rings. The van der Waals surface area contributed by atoms with E-state index in [1.165, 1.54) is 56.9 Å². The van der Waals surface area contributed by atoms with E-state index in [9.17, 15) is 19.3 Å². The van der Waals surface area contributed by atoms with Crippen LogP contribution in [0.15, 0.2) is 24.3 Å². The first kappa shape index (κ1) is 39.1. The van der Waals surface area contributed by atoms with Crippen LogP contribution in [0.25, 0.3) is 0 Å². The van der Waals surface area contributed by atoms with Gasteiger partial charge < -0.3 is 5.11 Å². The van der Waals surface area contributed by atoms with Gasteiger partial charge in [0, 0.05) is 31.1 Å². The molecule has 7 fully saturated rings. The molecule has 4 nitrogen and oxygen atoms in total. The van der Waals surface area contributed by atoms with Crippen molar-refractivity contribution in [3.63, 3.8) is 0 Å². The van der Waals surface area contributed by atoms with Gasteiger partial charge in [0.05, 0.1) is 0 Å². The Kier molecular flexibility index (Phi) is 10.9. The number of terminal acetylenes is 1. The third kappa shape index (κ3) is 6.61. The van der Waals surface area contributed by atoms with Crippen molar-refractivity contribution in [2.45, 2.75) is 142 Å². The maximum Gasteiger partial charge on any atom is 0.339 e. The summed E-state index contributed by atoms with van der Waals surface area (Å²) < 4.78 is 9.51. The molecule has 6 unspecified atom stereocenters. The average Bonchev–Trinajstić information content (AvgIpc) is 3.54. The lowest BCUT2D eigenvalue weighted by atomic mass is 9.44. The Labute approximate surface area is 316 Å². The van der Waals surface area contributed by atoms with Crippen molar-refractivity contribution in [1.82, 2.24) is 0 Å². The van der Waals surface area contributed by atoms with Crippen LogP contribution in [0.5, 0.6) is 0 Å². The zero-order chi connectivity index (χ0) is 36.5. The predicted octanol–water partition coefficient (Wildman–Crippen LogP) is 12.1. The highest BCUT2D eigenvalue weighted by Crippen LogP contribution is 2.69. The van der Waals surface area contributed by atoms with Crippen LogP contribution in [0.3, 0.4) is 0 Å². The van der Waals surface area contributed by atoms with Gasteiger partial charge in [-0.2, -0.15) is 0 Å². The van der Waals surface area contributed by atoms with Crippen molar-refractivity contribution < 1.29 is 19.3 Å². The highest BCUT2D eigenvalue weighted by atomic mass is 36.0. The van der Waals surface area contributed by atoms with E-state index in [1.807, 2.05) is 0 Å². The smallest absolute Gasteiger partial charge is 0.339 e. The number of ketones is 2. The molecule has 0 aliphatic heterocycles. The summed E-state index contributed by atoms with van der Waals surface area (Å²) in [5.41, 5.74) is 1.68. The molecule has 0 radical (unpaired) electrons. The van der Waals surface area contributed by atoms with Gasteiger partial charge in [-0.05, 0) is 186 Å². The molecular weight excluding hydrogens is 706 g/mol. The lowest BCUT2D eigenvalue weighted by Crippen LogP contribution is -2.56. The summed E-state index contributed by atoms with van der Waals surface area (Å²) in [5, 5.41) is 7.77. The third-order valence-corrected chi connectivity index (χ3v) is 17.2. The Balaban J connectivity index is 0.000000153. The van der Waals surface area contributed by atoms with Gasteiger partial charge >= 0.3 is 5.20 Å². The normalized spacial score (nSPS) is 49.0. The average molecular weight is 766 g/mol. The van der Waals surface area contributed by atoms with E-state index in [0.29, 0.717) is 51.5 Å². The van der Waals surface area contributed by atoms with Crippen LogP contribution in [0.2, 0.25) is 0 Å². The lowest BCUT2D eigenvalue weighted by Gasteiger charge is -2.60. The molecular formula is C42H60Cl3O4P. The molecule has 0 spiro atoms. The van der Waals surface area contributed by atoms with Crippen LogP contribution in [0, 0.1) is 81.3 Å². The minimum atomic E-state index is -3.22. The zero-order valence-corrected chi connectivity index (χ0v) is 34.0. The summed E-state index contributed by atoms with van der Waals surface area (Å²) in [5.74, 6) is 9.60. The number of carbonyl (C=O) groups excluding carboxylic acids is 2. The van der Waals surface area contributed by atoms with Gasteiger partial charge in [0.1, 0.15) is 17.2 Å². The van der Waals surface area contributed by atoms with Crippen LogP contribution in [0.1, 0.15) is 137 Å². The summed E-state index contributed by atoms with van der Waals surface area (Å²) in [6.07, 6.45) is 29.0. The molecule has 0 aromatic heterocycles. The summed E-state index contributed by atoms with van der Waals surface area (Å²) in [6, 6.07) is 0. The van der Waals surface area contributed by atoms with Gasteiger partial charge in [-0.1, -0.05) is 52.3 Å². The zero-order valence-electron chi connectivity index (χ0n) is 30.8. The Morgan fingerprint density at radius 1 is 0.780 bits per heavy atom. The van der Waals surface area contributed by atoms with Crippen molar-refractivity contribution in [3.8, 4) is 12.3 Å². The van der Waals surface area contributed by atoms with Crippen molar-refractivity contribution in [2.75, 3.05) is 0 Å². The number of fused-ring (bicyclic) bond motifs is 10. The minimum Gasteiger partial charge on any atom is -0.377 e. The first-order valence-electron chi connectivity index (χ1n) is 19.6. The summed E-state index contributed by atoms with van der Waals surface area (Å²) >= 11 is 13.8. The maximum absolute atomic E-state index is 11.9. The minimum absolute atomic E-state index is 0.101. The fraction of sp³-hybridized carbons (Fsp3) is 0.810. The maximum atomic E-state index is 11.9. The quantitative estimate of drug-likeness (QED) is 0.213. The molecule has 278 valence electrons. The van der Waals surface area contributed by atoms with E-state index in [4.69, 9.17) is 6.42 Å². The molecule has 0 heterocycles. The van der Waals surface area contributed by atoms with E-state index < -0.39 is 10.8 Å². The highest BCUT2D eigenvalue weighted by Gasteiger charge is 2.64. The largest absolute Gasteiger partial charge is 0.377 e. The second kappa shape index (κ2) is 13.9. The topological polar surface area (TPSA) is 71.4 Å². The van der Waals surface area contributed by atoms with Gasteiger partial charge in [-0.25, -0.2) is 0 Å². The molecule has 13 atom stereocenters. The van der Waals surface area contributed by atoms with Crippen molar-refractivity contribution in [3.05, 3.63) is 24.3 Å². The number of allylic oxidation sites excluding steroid dienone is 3. The third-order valence-electron chi connectivity index (χ3n) is 17.2. The van der Waals surface area contributed by atoms with E-state index >= 15 is 0 Å². The van der Waals surface area contributed by atoms with Gasteiger partial charge in [0.2, 0.25) is 0 Å². The van der Waals surface area contributed by atoms with E-state index in [1.54, 1.807) is 0 Å². The summed E-state index contributed by atoms with van der Waals surface area (Å²) in [7, 11) is 0. The van der Waals surface area contributed by atoms with Gasteiger partial charge in [0.15, 0.2) is 0 Å². The molecule has 0 aromatic rings. The van der Waals surface area contributed by atoms with Gasteiger partial charge in [-0.15, -0.1) is 6.42 Å². The fourth-order valence-corrected chi connectivity index (χ4v) is 14.3. The van der Waals surface area contributed by atoms with Crippen LogP contribution >= 0.6 is 38.9 Å². The van der Waals surface area contributed by atoms with Crippen molar-refractivity contribution in [1.29, 1.82) is 0 Å². The monoisotopic (exact) mass is 764 g/mol. The first-order chi connectivity index (χ1) is 23.3. The Morgan fingerprint density at radius 2 is 1.26 bits per heavy atom. The van der Waals surface area contributed by atoms with E-state index in [0.717, 1.165) is 81.5 Å². The molecule has 0 aromatic carbocycles. The van der Waals surface area contributed by atoms with Gasteiger partial charge in [-0.3, -0.25) is 14.2 Å². The molecule has 50 heavy (non-hydrogen) atoms. The highest BCUT2D eigenvalue weighted by molar-refractivity contribution is 8.24. The lowest BCUT2D eigenvalue weighted by molar-refractivity contribution is -0.147. The predicted molar refractivity (Wildman–Crippen MR) is 206 cm³/mol. The fourth-order valence-electron chi connectivity index (χ4n) is 14.3. The van der Waals surface area contributed by atoms with E-state index in [-0.39, 0.29) is 5.41 Å². The number of aliphatic hydroxyl groups is 1. The molecule has 0 amide bonds. The number of carbonyl (C=O) groups is 2. The Bertz CT molecular complexity index is 1490. The number of rotatable bonds is 1. The summed E-state index contributed by atoms with van der Waals surface area (Å²) in [6.45, 7) is 13.8. The number of hydrogen-bond acceptors (Lipinski definition) is 4. The second-order valence-electron chi connectivity index (χ2n) is 18.8. The van der Waals surface area contributed by atoms with Gasteiger partial charge in [0.25, 0.3) is 0 Å². The molecule has 1 N–H and O–H groups in total. The number of hydrogen-bond donors (Lipinski definition) is 1. The number of halogens is 3. The molecule has 8 rings (SSSR count). The molecule has 8 heteroatoms. The Hall–Kier alpha value is -0.560. The molecule has 0 bridgehead atoms. The Morgan fingerprint density at radius 3 is 1.76 bits per heavy atom. The van der Waals surface area contributed by atoms with Crippen LogP contribution in [-0.2, 0) is 14.2 Å². The van der Waals surface area contributed by atoms with Crippen molar-refractivity contribution in [2.24, 2.45) is 69.0 Å². The molecule has 8 aliphatic carbocycles. The first-order valence-corrected chi connectivity index (χ1v) is 24.0. The van der Waals surface area contributed by atoms with E-state index in [2.05, 4.69) is 86.1 Å². The van der Waals surface area contributed by atoms with Crippen LogP contribution in [-0.4, -0.2) is 22.3 Å². The summed E-state index contributed by atoms with van der Waals surface area (Å²) in [4.78, 5) is 23.8. The molecule has 7 saturated carbocycles.